The number of rotatable bonds is 5. The van der Waals surface area contributed by atoms with Crippen LogP contribution < -0.4 is 5.32 Å². The Hall–Kier alpha value is -1.90. The van der Waals surface area contributed by atoms with Gasteiger partial charge in [0.2, 0.25) is 5.95 Å². The second-order valence-electron chi connectivity index (χ2n) is 4.42. The van der Waals surface area contributed by atoms with Crippen molar-refractivity contribution in [3.05, 3.63) is 60.0 Å². The molecule has 0 saturated carbocycles. The molecular weight excluding hydrogens is 227 g/mol. The van der Waals surface area contributed by atoms with Gasteiger partial charge in [-0.3, -0.25) is 0 Å². The molecule has 2 rings (SSSR count). The van der Waals surface area contributed by atoms with Crippen molar-refractivity contribution in [2.45, 2.75) is 25.8 Å². The van der Waals surface area contributed by atoms with Crippen LogP contribution in [-0.2, 0) is 6.42 Å². The zero-order valence-electron chi connectivity index (χ0n) is 10.4. The molecule has 1 aromatic heterocycles. The lowest BCUT2D eigenvalue weighted by Crippen LogP contribution is -2.17. The Kier molecular flexibility index (Phi) is 4.29. The van der Waals surface area contributed by atoms with Crippen LogP contribution in [0.4, 0.5) is 10.2 Å². The highest BCUT2D eigenvalue weighted by Gasteiger charge is 2.04. The second-order valence-corrected chi connectivity index (χ2v) is 4.42. The molecule has 18 heavy (non-hydrogen) atoms. The van der Waals surface area contributed by atoms with Gasteiger partial charge in [0.25, 0.3) is 0 Å². The molecule has 0 bridgehead atoms. The standard InChI is InChI=1S/C15H17FN2/c1-12(10-11-13-6-3-2-4-7-13)17-15-9-5-8-14(16)18-15/h2-9,12H,10-11H2,1H3,(H,17,18). The Balaban J connectivity index is 1.84. The highest BCUT2D eigenvalue weighted by molar-refractivity contribution is 5.34. The number of nitrogens with zero attached hydrogens (tertiary/aromatic N) is 1. The summed E-state index contributed by atoms with van der Waals surface area (Å²) in [7, 11) is 0. The minimum absolute atomic E-state index is 0.263. The molecule has 1 heterocycles. The van der Waals surface area contributed by atoms with Gasteiger partial charge in [-0.25, -0.2) is 4.98 Å². The molecule has 1 atom stereocenters. The molecule has 0 amide bonds. The monoisotopic (exact) mass is 244 g/mol. The molecule has 1 unspecified atom stereocenters. The van der Waals surface area contributed by atoms with E-state index in [4.69, 9.17) is 0 Å². The first-order valence-electron chi connectivity index (χ1n) is 6.17. The highest BCUT2D eigenvalue weighted by Crippen LogP contribution is 2.10. The number of benzene rings is 1. The van der Waals surface area contributed by atoms with Gasteiger partial charge in [0.05, 0.1) is 0 Å². The van der Waals surface area contributed by atoms with Crippen molar-refractivity contribution in [2.75, 3.05) is 5.32 Å². The van der Waals surface area contributed by atoms with Crippen molar-refractivity contribution in [3.63, 3.8) is 0 Å². The Labute approximate surface area is 107 Å². The Bertz CT molecular complexity index is 485. The van der Waals surface area contributed by atoms with Gasteiger partial charge in [-0.1, -0.05) is 36.4 Å². The third-order valence-electron chi connectivity index (χ3n) is 2.82. The van der Waals surface area contributed by atoms with Crippen molar-refractivity contribution in [1.82, 2.24) is 4.98 Å². The van der Waals surface area contributed by atoms with Crippen LogP contribution in [0.3, 0.4) is 0 Å². The van der Waals surface area contributed by atoms with Gasteiger partial charge in [-0.15, -0.1) is 0 Å². The molecule has 0 saturated heterocycles. The summed E-state index contributed by atoms with van der Waals surface area (Å²) in [6, 6.07) is 15.4. The predicted octanol–water partition coefficient (Wildman–Crippen LogP) is 3.65. The van der Waals surface area contributed by atoms with Crippen molar-refractivity contribution < 1.29 is 4.39 Å². The molecule has 94 valence electrons. The number of hydrogen-bond donors (Lipinski definition) is 1. The summed E-state index contributed by atoms with van der Waals surface area (Å²) in [5, 5.41) is 3.20. The van der Waals surface area contributed by atoms with Gasteiger partial charge in [-0.2, -0.15) is 4.39 Å². The average Bonchev–Trinajstić information content (AvgIpc) is 2.38. The van der Waals surface area contributed by atoms with Crippen molar-refractivity contribution in [1.29, 1.82) is 0 Å². The lowest BCUT2D eigenvalue weighted by atomic mass is 10.1. The quantitative estimate of drug-likeness (QED) is 0.812. The van der Waals surface area contributed by atoms with Crippen LogP contribution in [0, 0.1) is 5.95 Å². The van der Waals surface area contributed by atoms with Gasteiger partial charge in [0.15, 0.2) is 0 Å². The number of aromatic nitrogens is 1. The van der Waals surface area contributed by atoms with Crippen LogP contribution in [0.15, 0.2) is 48.5 Å². The van der Waals surface area contributed by atoms with Crippen LogP contribution in [0.25, 0.3) is 0 Å². The van der Waals surface area contributed by atoms with Crippen molar-refractivity contribution >= 4 is 5.82 Å². The van der Waals surface area contributed by atoms with Crippen molar-refractivity contribution in [3.8, 4) is 0 Å². The minimum Gasteiger partial charge on any atom is -0.368 e. The van der Waals surface area contributed by atoms with E-state index in [1.54, 1.807) is 12.1 Å². The largest absolute Gasteiger partial charge is 0.368 e. The Morgan fingerprint density at radius 3 is 2.61 bits per heavy atom. The third kappa shape index (κ3) is 3.84. The number of nitrogens with one attached hydrogen (secondary N) is 1. The van der Waals surface area contributed by atoms with E-state index in [-0.39, 0.29) is 6.04 Å². The lowest BCUT2D eigenvalue weighted by molar-refractivity contribution is 0.583. The van der Waals surface area contributed by atoms with Gasteiger partial charge in [-0.05, 0) is 37.5 Å². The SMILES string of the molecule is CC(CCc1ccccc1)Nc1cccc(F)n1. The van der Waals surface area contributed by atoms with E-state index < -0.39 is 5.95 Å². The molecule has 1 aromatic carbocycles. The molecule has 2 nitrogen and oxygen atoms in total. The Morgan fingerprint density at radius 2 is 1.89 bits per heavy atom. The molecule has 0 fully saturated rings. The van der Waals surface area contributed by atoms with E-state index in [9.17, 15) is 4.39 Å². The van der Waals surface area contributed by atoms with Gasteiger partial charge >= 0.3 is 0 Å². The smallest absolute Gasteiger partial charge is 0.214 e. The maximum Gasteiger partial charge on any atom is 0.214 e. The van der Waals surface area contributed by atoms with Crippen LogP contribution in [0.5, 0.6) is 0 Å². The second kappa shape index (κ2) is 6.15. The fourth-order valence-electron chi connectivity index (χ4n) is 1.84. The summed E-state index contributed by atoms with van der Waals surface area (Å²) >= 11 is 0. The first kappa shape index (κ1) is 12.6. The molecule has 0 aliphatic carbocycles. The van der Waals surface area contributed by atoms with E-state index in [1.807, 2.05) is 18.2 Å². The lowest BCUT2D eigenvalue weighted by Gasteiger charge is -2.14. The third-order valence-corrected chi connectivity index (χ3v) is 2.82. The summed E-state index contributed by atoms with van der Waals surface area (Å²) in [4.78, 5) is 3.79. The molecule has 2 aromatic rings. The molecule has 0 aliphatic rings. The van der Waals surface area contributed by atoms with Gasteiger partial charge < -0.3 is 5.32 Å². The van der Waals surface area contributed by atoms with Crippen LogP contribution in [0.2, 0.25) is 0 Å². The van der Waals surface area contributed by atoms with E-state index in [1.165, 1.54) is 11.6 Å². The van der Waals surface area contributed by atoms with E-state index in [2.05, 4.69) is 29.4 Å². The number of pyridine rings is 1. The van der Waals surface area contributed by atoms with Crippen LogP contribution in [0.1, 0.15) is 18.9 Å². The first-order chi connectivity index (χ1) is 8.74. The van der Waals surface area contributed by atoms with Crippen LogP contribution in [-0.4, -0.2) is 11.0 Å². The topological polar surface area (TPSA) is 24.9 Å². The maximum absolute atomic E-state index is 12.9. The van der Waals surface area contributed by atoms with Gasteiger partial charge in [0, 0.05) is 6.04 Å². The van der Waals surface area contributed by atoms with Crippen molar-refractivity contribution in [2.24, 2.45) is 0 Å². The number of hydrogen-bond acceptors (Lipinski definition) is 2. The fourth-order valence-corrected chi connectivity index (χ4v) is 1.84. The molecule has 0 radical (unpaired) electrons. The summed E-state index contributed by atoms with van der Waals surface area (Å²) in [5.41, 5.74) is 1.32. The van der Waals surface area contributed by atoms with Gasteiger partial charge in [0.1, 0.15) is 5.82 Å². The number of aryl methyl sites for hydroxylation is 1. The normalized spacial score (nSPS) is 12.1. The summed E-state index contributed by atoms with van der Waals surface area (Å²) in [5.74, 6) is 0.144. The molecule has 1 N–H and O–H groups in total. The maximum atomic E-state index is 12.9. The molecular formula is C15H17FN2. The zero-order valence-corrected chi connectivity index (χ0v) is 10.4. The number of halogens is 1. The summed E-state index contributed by atoms with van der Waals surface area (Å²) in [6.45, 7) is 2.08. The van der Waals surface area contributed by atoms with Crippen LogP contribution >= 0.6 is 0 Å². The van der Waals surface area contributed by atoms with E-state index in [0.717, 1.165) is 12.8 Å². The predicted molar refractivity (Wildman–Crippen MR) is 72.0 cm³/mol. The fraction of sp³-hybridized carbons (Fsp3) is 0.267. The highest BCUT2D eigenvalue weighted by atomic mass is 19.1. The average molecular weight is 244 g/mol. The molecule has 3 heteroatoms. The van der Waals surface area contributed by atoms with E-state index >= 15 is 0 Å². The first-order valence-corrected chi connectivity index (χ1v) is 6.17. The minimum atomic E-state index is -0.449. The summed E-state index contributed by atoms with van der Waals surface area (Å²) < 4.78 is 12.9. The summed E-state index contributed by atoms with van der Waals surface area (Å²) in [6.07, 6.45) is 1.99. The zero-order chi connectivity index (χ0) is 12.8. The molecule has 0 spiro atoms. The number of anilines is 1. The Morgan fingerprint density at radius 1 is 1.11 bits per heavy atom. The molecule has 0 aliphatic heterocycles. The van der Waals surface area contributed by atoms with E-state index in [0.29, 0.717) is 5.82 Å².